The zero-order valence-electron chi connectivity index (χ0n) is 5.41. The van der Waals surface area contributed by atoms with Gasteiger partial charge in [-0.2, -0.15) is 0 Å². The topological polar surface area (TPSA) is 173 Å². The van der Waals surface area contributed by atoms with Gasteiger partial charge in [0.1, 0.15) is 0 Å². The van der Waals surface area contributed by atoms with Crippen molar-refractivity contribution in [3.63, 3.8) is 0 Å². The van der Waals surface area contributed by atoms with E-state index >= 15 is 0 Å². The average Bonchev–Trinajstić information content (AvgIpc) is 1.54. The van der Waals surface area contributed by atoms with Gasteiger partial charge in [-0.15, -0.1) is 0 Å². The van der Waals surface area contributed by atoms with Crippen LogP contribution >= 0.6 is 0 Å². The van der Waals surface area contributed by atoms with Gasteiger partial charge in [0, 0.05) is 0 Å². The van der Waals surface area contributed by atoms with E-state index in [1.54, 1.807) is 0 Å². The predicted molar refractivity (Wildman–Crippen MR) is 49.0 cm³/mol. The predicted octanol–water partition coefficient (Wildman–Crippen LogP) is -1.17. The third-order valence-electron chi connectivity index (χ3n) is 0. The fourth-order valence-electron chi connectivity index (χ4n) is 0. The van der Waals surface area contributed by atoms with Crippen molar-refractivity contribution in [1.82, 2.24) is 0 Å². The summed E-state index contributed by atoms with van der Waals surface area (Å²) in [7, 11) is 0. The SMILES string of the molecule is O=C(O)O.O=C(O)O.O=C(O)O.[CaH2].[CaH2]. The number of carboxylic acid groups (broad SMARTS) is 6. The summed E-state index contributed by atoms with van der Waals surface area (Å²) >= 11 is 0. The Bertz CT molecular complexity index is 116. The van der Waals surface area contributed by atoms with Gasteiger partial charge in [-0.1, -0.05) is 0 Å². The second-order valence-electron chi connectivity index (χ2n) is 0.848. The summed E-state index contributed by atoms with van der Waals surface area (Å²) in [6.45, 7) is 0. The Morgan fingerprint density at radius 2 is 0.500 bits per heavy atom. The van der Waals surface area contributed by atoms with Gasteiger partial charge in [0.15, 0.2) is 0 Å². The maximum absolute atomic E-state index is 8.56. The Balaban J connectivity index is -0.0000000270. The Morgan fingerprint density at radius 3 is 0.500 bits per heavy atom. The van der Waals surface area contributed by atoms with Gasteiger partial charge < -0.3 is 30.6 Å². The molecule has 80 valence electrons. The first-order valence-corrected chi connectivity index (χ1v) is 1.95. The zero-order valence-corrected chi connectivity index (χ0v) is 5.41. The van der Waals surface area contributed by atoms with Crippen molar-refractivity contribution < 1.29 is 45.0 Å². The fraction of sp³-hybridized carbons (Fsp3) is 0. The second kappa shape index (κ2) is 23.3. The molecule has 0 atom stereocenters. The van der Waals surface area contributed by atoms with Crippen molar-refractivity contribution in [2.45, 2.75) is 0 Å². The zero-order chi connectivity index (χ0) is 10.7. The van der Waals surface area contributed by atoms with Crippen LogP contribution in [0.4, 0.5) is 14.4 Å². The van der Waals surface area contributed by atoms with Gasteiger partial charge >= 0.3 is 93.9 Å². The Hall–Kier alpha value is 0.329. The average molecular weight is 270 g/mol. The van der Waals surface area contributed by atoms with Crippen LogP contribution in [0, 0.1) is 0 Å². The van der Waals surface area contributed by atoms with Crippen molar-refractivity contribution in [1.29, 1.82) is 0 Å². The second-order valence-corrected chi connectivity index (χ2v) is 0.848. The van der Waals surface area contributed by atoms with Gasteiger partial charge in [-0.3, -0.25) is 0 Å². The molecule has 0 aromatic heterocycles. The number of rotatable bonds is 0. The molecule has 0 aromatic rings. The summed E-state index contributed by atoms with van der Waals surface area (Å²) in [6.07, 6.45) is -5.50. The van der Waals surface area contributed by atoms with E-state index in [0.717, 1.165) is 0 Å². The van der Waals surface area contributed by atoms with Crippen molar-refractivity contribution in [2.75, 3.05) is 0 Å². The van der Waals surface area contributed by atoms with Crippen LogP contribution in [0.1, 0.15) is 0 Å². The van der Waals surface area contributed by atoms with Crippen LogP contribution < -0.4 is 0 Å². The molecule has 0 aliphatic rings. The van der Waals surface area contributed by atoms with E-state index in [2.05, 4.69) is 0 Å². The van der Waals surface area contributed by atoms with Gasteiger partial charge in [0.25, 0.3) is 0 Å². The molecule has 0 spiro atoms. The van der Waals surface area contributed by atoms with E-state index in [-0.39, 0.29) is 75.5 Å². The summed E-state index contributed by atoms with van der Waals surface area (Å²) in [5.74, 6) is 0. The van der Waals surface area contributed by atoms with Crippen molar-refractivity contribution >= 4 is 93.9 Å². The van der Waals surface area contributed by atoms with E-state index < -0.39 is 18.5 Å². The molecule has 0 saturated heterocycles. The molecule has 6 N–H and O–H groups in total. The molecule has 0 unspecified atom stereocenters. The molecule has 0 radical (unpaired) electrons. The molecule has 0 aliphatic carbocycles. The first-order chi connectivity index (χ1) is 5.20. The minimum atomic E-state index is -1.83. The molecular weight excluding hydrogens is 260 g/mol. The summed E-state index contributed by atoms with van der Waals surface area (Å²) in [5, 5.41) is 41.8. The molecule has 0 amide bonds. The van der Waals surface area contributed by atoms with Crippen LogP contribution in [0.15, 0.2) is 0 Å². The molecule has 14 heavy (non-hydrogen) atoms. The van der Waals surface area contributed by atoms with Crippen LogP contribution in [0.25, 0.3) is 0 Å². The standard InChI is InChI=1S/3CH2O3.2Ca.4H/c3*2-1(3)4;;;;;;/h3*(H2,2,3,4);;;;;;. The molecule has 11 heteroatoms. The summed E-state index contributed by atoms with van der Waals surface area (Å²) in [6, 6.07) is 0. The Morgan fingerprint density at radius 1 is 0.500 bits per heavy atom. The normalized spacial score (nSPS) is 5.14. The molecule has 0 aliphatic heterocycles. The summed E-state index contributed by atoms with van der Waals surface area (Å²) < 4.78 is 0. The van der Waals surface area contributed by atoms with E-state index in [1.165, 1.54) is 0 Å². The third kappa shape index (κ3) is 14600. The van der Waals surface area contributed by atoms with Gasteiger partial charge in [-0.25, -0.2) is 14.4 Å². The summed E-state index contributed by atoms with van der Waals surface area (Å²) in [4.78, 5) is 25.7. The number of hydrogen-bond acceptors (Lipinski definition) is 3. The number of carbonyl (C=O) groups is 3. The van der Waals surface area contributed by atoms with Crippen LogP contribution in [0.3, 0.4) is 0 Å². The van der Waals surface area contributed by atoms with Crippen LogP contribution in [-0.2, 0) is 0 Å². The monoisotopic (exact) mass is 270 g/mol. The first-order valence-electron chi connectivity index (χ1n) is 1.95. The molecular formula is C3H10Ca2O9. The molecule has 0 heterocycles. The van der Waals surface area contributed by atoms with Gasteiger partial charge in [0.2, 0.25) is 0 Å². The first kappa shape index (κ1) is 29.3. The molecule has 0 bridgehead atoms. The van der Waals surface area contributed by atoms with Crippen molar-refractivity contribution in [2.24, 2.45) is 0 Å². The Kier molecular flexibility index (Phi) is 48.6. The Labute approximate surface area is 137 Å². The van der Waals surface area contributed by atoms with E-state index in [1.807, 2.05) is 0 Å². The minimum absolute atomic E-state index is 0. The quantitative estimate of drug-likeness (QED) is 0.296. The van der Waals surface area contributed by atoms with Crippen LogP contribution in [0.2, 0.25) is 0 Å². The molecule has 0 fully saturated rings. The van der Waals surface area contributed by atoms with E-state index in [4.69, 9.17) is 45.0 Å². The number of hydrogen-bond donors (Lipinski definition) is 6. The van der Waals surface area contributed by atoms with Gasteiger partial charge in [0.05, 0.1) is 0 Å². The van der Waals surface area contributed by atoms with E-state index in [9.17, 15) is 0 Å². The van der Waals surface area contributed by atoms with Crippen molar-refractivity contribution in [3.05, 3.63) is 0 Å². The third-order valence-corrected chi connectivity index (χ3v) is 0. The van der Waals surface area contributed by atoms with Gasteiger partial charge in [-0.05, 0) is 0 Å². The maximum atomic E-state index is 8.56. The van der Waals surface area contributed by atoms with E-state index in [0.29, 0.717) is 0 Å². The van der Waals surface area contributed by atoms with Crippen LogP contribution in [0.5, 0.6) is 0 Å². The molecule has 9 nitrogen and oxygen atoms in total. The summed E-state index contributed by atoms with van der Waals surface area (Å²) in [5.41, 5.74) is 0. The fourth-order valence-corrected chi connectivity index (χ4v) is 0. The molecule has 0 aromatic carbocycles. The van der Waals surface area contributed by atoms with Crippen LogP contribution in [-0.4, -0.2) is 125 Å². The molecule has 0 rings (SSSR count). The van der Waals surface area contributed by atoms with Crippen molar-refractivity contribution in [3.8, 4) is 0 Å². The molecule has 0 saturated carbocycles.